The normalized spacial score (nSPS) is 37.8. The van der Waals surface area contributed by atoms with Crippen molar-refractivity contribution in [3.05, 3.63) is 0 Å². The van der Waals surface area contributed by atoms with Crippen molar-refractivity contribution in [1.82, 2.24) is 0 Å². The summed E-state index contributed by atoms with van der Waals surface area (Å²) in [6, 6.07) is 0. The maximum Gasteiger partial charge on any atom is 0.312 e. The summed E-state index contributed by atoms with van der Waals surface area (Å²) >= 11 is 0. The van der Waals surface area contributed by atoms with Crippen LogP contribution in [-0.4, -0.2) is 11.6 Å². The first-order valence-electron chi connectivity index (χ1n) is 10.8. The van der Waals surface area contributed by atoms with Crippen LogP contribution in [0, 0.1) is 39.9 Å². The maximum atomic E-state index is 13.6. The summed E-state index contributed by atoms with van der Waals surface area (Å²) in [7, 11) is 0. The van der Waals surface area contributed by atoms with E-state index in [0.29, 0.717) is 11.8 Å². The van der Waals surface area contributed by atoms with Gasteiger partial charge in [0.15, 0.2) is 0 Å². The Hall–Kier alpha value is -0.530. The van der Waals surface area contributed by atoms with Gasteiger partial charge in [-0.05, 0) is 80.5 Å². The van der Waals surface area contributed by atoms with Gasteiger partial charge in [-0.2, -0.15) is 0 Å². The number of carbonyl (C=O) groups is 1. The Morgan fingerprint density at radius 1 is 0.962 bits per heavy atom. The highest BCUT2D eigenvalue weighted by Gasteiger charge is 2.54. The van der Waals surface area contributed by atoms with Crippen LogP contribution in [0.25, 0.3) is 0 Å². The number of esters is 1. The molecule has 0 aromatic rings. The van der Waals surface area contributed by atoms with E-state index >= 15 is 0 Å². The summed E-state index contributed by atoms with van der Waals surface area (Å²) in [5.74, 6) is 2.57. The summed E-state index contributed by atoms with van der Waals surface area (Å²) in [5.41, 5.74) is -0.837. The number of hydrogen-bond donors (Lipinski definition) is 0. The zero-order valence-electron chi connectivity index (χ0n) is 19.2. The maximum absolute atomic E-state index is 13.6. The van der Waals surface area contributed by atoms with E-state index in [0.717, 1.165) is 18.3 Å². The molecule has 0 amide bonds. The van der Waals surface area contributed by atoms with E-state index in [1.54, 1.807) is 0 Å². The van der Waals surface area contributed by atoms with Gasteiger partial charge < -0.3 is 4.74 Å². The number of rotatable bonds is 3. The first kappa shape index (κ1) is 21.8. The summed E-state index contributed by atoms with van der Waals surface area (Å²) in [5, 5.41) is 0. The Balaban J connectivity index is 2.29. The fraction of sp³-hybridized carbons (Fsp3) is 0.958. The molecular weight excluding hydrogens is 320 g/mol. The number of hydrogen-bond acceptors (Lipinski definition) is 2. The van der Waals surface area contributed by atoms with Crippen molar-refractivity contribution >= 4 is 5.97 Å². The number of ether oxygens (including phenoxy) is 1. The minimum atomic E-state index is -0.481. The molecule has 2 nitrogen and oxygen atoms in total. The largest absolute Gasteiger partial charge is 0.458 e. The van der Waals surface area contributed by atoms with Gasteiger partial charge in [0.2, 0.25) is 0 Å². The van der Waals surface area contributed by atoms with E-state index in [1.165, 1.54) is 25.7 Å². The summed E-state index contributed by atoms with van der Waals surface area (Å²) in [6.45, 7) is 22.3. The third-order valence-corrected chi connectivity index (χ3v) is 7.82. The molecule has 0 saturated heterocycles. The van der Waals surface area contributed by atoms with Crippen molar-refractivity contribution in [3.8, 4) is 0 Å². The third-order valence-electron chi connectivity index (χ3n) is 7.82. The zero-order valence-corrected chi connectivity index (χ0v) is 19.2. The van der Waals surface area contributed by atoms with E-state index in [1.807, 2.05) is 0 Å². The van der Waals surface area contributed by atoms with Crippen LogP contribution in [0.2, 0.25) is 0 Å². The smallest absolute Gasteiger partial charge is 0.312 e. The predicted octanol–water partition coefficient (Wildman–Crippen LogP) is 6.87. The van der Waals surface area contributed by atoms with E-state index in [2.05, 4.69) is 69.2 Å². The SMILES string of the molecule is CC1CC2CC(C)C(C)(OC(=O)C(C)(CC(C)(C)C)C(C)(C)C)C(C1)C2. The van der Waals surface area contributed by atoms with Gasteiger partial charge in [-0.25, -0.2) is 0 Å². The van der Waals surface area contributed by atoms with Crippen molar-refractivity contribution in [3.63, 3.8) is 0 Å². The summed E-state index contributed by atoms with van der Waals surface area (Å²) < 4.78 is 6.52. The highest BCUT2D eigenvalue weighted by atomic mass is 16.6. The molecule has 6 atom stereocenters. The van der Waals surface area contributed by atoms with Crippen LogP contribution in [0.4, 0.5) is 0 Å². The Morgan fingerprint density at radius 3 is 2.04 bits per heavy atom. The van der Waals surface area contributed by atoms with Crippen LogP contribution < -0.4 is 0 Å². The summed E-state index contributed by atoms with van der Waals surface area (Å²) in [4.78, 5) is 13.6. The number of carbonyl (C=O) groups excluding carboxylic acids is 1. The monoisotopic (exact) mass is 364 g/mol. The molecule has 152 valence electrons. The first-order chi connectivity index (χ1) is 11.6. The van der Waals surface area contributed by atoms with Crippen LogP contribution in [0.1, 0.15) is 101 Å². The Bertz CT molecular complexity index is 519. The van der Waals surface area contributed by atoms with Crippen molar-refractivity contribution in [2.45, 2.75) is 107 Å². The molecule has 26 heavy (non-hydrogen) atoms. The van der Waals surface area contributed by atoms with Crippen LogP contribution in [0.5, 0.6) is 0 Å². The molecule has 0 spiro atoms. The topological polar surface area (TPSA) is 26.3 Å². The molecule has 0 heterocycles. The highest BCUT2D eigenvalue weighted by Crippen LogP contribution is 2.54. The van der Waals surface area contributed by atoms with Gasteiger partial charge in [-0.3, -0.25) is 4.79 Å². The minimum Gasteiger partial charge on any atom is -0.458 e. The van der Waals surface area contributed by atoms with Gasteiger partial charge in [-0.1, -0.05) is 55.4 Å². The molecule has 2 rings (SSSR count). The summed E-state index contributed by atoms with van der Waals surface area (Å²) in [6.07, 6.45) is 5.85. The lowest BCUT2D eigenvalue weighted by Crippen LogP contribution is -2.55. The Morgan fingerprint density at radius 2 is 1.54 bits per heavy atom. The van der Waals surface area contributed by atoms with E-state index < -0.39 is 5.41 Å². The van der Waals surface area contributed by atoms with E-state index in [4.69, 9.17) is 4.74 Å². The average Bonchev–Trinajstić information content (AvgIpc) is 2.41. The highest BCUT2D eigenvalue weighted by molar-refractivity contribution is 5.78. The zero-order chi connectivity index (χ0) is 20.1. The average molecular weight is 365 g/mol. The standard InChI is InChI=1S/C24H44O2/c1-16-11-18-13-17(2)24(10,19(12-16)14-18)26-20(25)23(9,22(6,7)8)15-21(3,4)5/h16-19H,11-15H2,1-10H3. The molecule has 0 aromatic carbocycles. The molecule has 2 aliphatic rings. The molecule has 2 fully saturated rings. The molecule has 2 heteroatoms. The first-order valence-corrected chi connectivity index (χ1v) is 10.8. The van der Waals surface area contributed by atoms with Gasteiger partial charge in [0.25, 0.3) is 0 Å². The molecule has 2 bridgehead atoms. The van der Waals surface area contributed by atoms with Crippen molar-refractivity contribution < 1.29 is 9.53 Å². The Labute approximate surface area is 162 Å². The fourth-order valence-electron chi connectivity index (χ4n) is 5.74. The van der Waals surface area contributed by atoms with Crippen molar-refractivity contribution in [2.75, 3.05) is 0 Å². The van der Waals surface area contributed by atoms with Crippen LogP contribution in [0.3, 0.4) is 0 Å². The lowest BCUT2D eigenvalue weighted by Gasteiger charge is -2.54. The second kappa shape index (κ2) is 6.82. The van der Waals surface area contributed by atoms with Crippen LogP contribution >= 0.6 is 0 Å². The van der Waals surface area contributed by atoms with Crippen LogP contribution in [-0.2, 0) is 9.53 Å². The molecule has 0 aliphatic heterocycles. The predicted molar refractivity (Wildman–Crippen MR) is 110 cm³/mol. The number of fused-ring (bicyclic) bond motifs is 2. The fourth-order valence-corrected chi connectivity index (χ4v) is 5.74. The second-order valence-corrected chi connectivity index (χ2v) is 12.4. The molecule has 0 N–H and O–H groups in total. The lowest BCUT2D eigenvalue weighted by atomic mass is 9.58. The minimum absolute atomic E-state index is 0.0194. The molecule has 2 aliphatic carbocycles. The van der Waals surface area contributed by atoms with Gasteiger partial charge in [0.1, 0.15) is 5.60 Å². The molecule has 0 aromatic heterocycles. The lowest BCUT2D eigenvalue weighted by molar-refractivity contribution is -0.203. The van der Waals surface area contributed by atoms with Gasteiger partial charge in [-0.15, -0.1) is 0 Å². The molecule has 0 radical (unpaired) electrons. The molecule has 2 saturated carbocycles. The van der Waals surface area contributed by atoms with Gasteiger partial charge >= 0.3 is 5.97 Å². The van der Waals surface area contributed by atoms with Gasteiger partial charge in [0.05, 0.1) is 5.41 Å². The Kier molecular flexibility index (Phi) is 5.71. The van der Waals surface area contributed by atoms with Crippen LogP contribution in [0.15, 0.2) is 0 Å². The quantitative estimate of drug-likeness (QED) is 0.511. The second-order valence-electron chi connectivity index (χ2n) is 12.4. The molecular formula is C24H44O2. The third kappa shape index (κ3) is 4.14. The molecule has 6 unspecified atom stereocenters. The van der Waals surface area contributed by atoms with E-state index in [9.17, 15) is 4.79 Å². The van der Waals surface area contributed by atoms with E-state index in [-0.39, 0.29) is 22.4 Å². The van der Waals surface area contributed by atoms with Crippen molar-refractivity contribution in [2.24, 2.45) is 39.9 Å². The van der Waals surface area contributed by atoms with Crippen molar-refractivity contribution in [1.29, 1.82) is 0 Å². The van der Waals surface area contributed by atoms with Gasteiger partial charge in [0, 0.05) is 0 Å².